The first-order chi connectivity index (χ1) is 14.6. The Hall–Kier alpha value is -2.44. The van der Waals surface area contributed by atoms with Crippen molar-refractivity contribution in [3.63, 3.8) is 0 Å². The maximum atomic E-state index is 13.3. The highest BCUT2D eigenvalue weighted by Gasteiger charge is 2.46. The van der Waals surface area contributed by atoms with Crippen molar-refractivity contribution in [3.8, 4) is 0 Å². The Morgan fingerprint density at radius 3 is 3.00 bits per heavy atom. The molecule has 1 aliphatic carbocycles. The second-order valence-electron chi connectivity index (χ2n) is 8.63. The average Bonchev–Trinajstić information content (AvgIpc) is 2.79. The number of nitrogens with one attached hydrogen (secondary N) is 1. The van der Waals surface area contributed by atoms with Crippen LogP contribution >= 0.6 is 0 Å². The van der Waals surface area contributed by atoms with E-state index >= 15 is 0 Å². The standard InChI is InChI=1S/C24H32N4O2/c1-27(2)21-9-5-8-20(15-21)23(29)28-13-14-30-24(18-28)11-4-3-10-22(24)26-17-19-7-6-12-25-16-19/h5-9,12,15-16,22,26H,3-4,10-11,13-14,17-18H2,1-2H3/t22-,24+/m0/s1. The molecule has 1 spiro atoms. The lowest BCUT2D eigenvalue weighted by Gasteiger charge is -2.49. The van der Waals surface area contributed by atoms with E-state index < -0.39 is 0 Å². The minimum atomic E-state index is -0.312. The number of carbonyl (C=O) groups is 1. The molecule has 1 saturated heterocycles. The molecule has 0 unspecified atom stereocenters. The fraction of sp³-hybridized carbons (Fsp3) is 0.500. The first kappa shape index (κ1) is 20.8. The molecule has 6 heteroatoms. The zero-order valence-corrected chi connectivity index (χ0v) is 18.0. The molecule has 2 aliphatic rings. The van der Waals surface area contributed by atoms with E-state index in [1.54, 1.807) is 6.20 Å². The van der Waals surface area contributed by atoms with Crippen LogP contribution in [-0.2, 0) is 11.3 Å². The molecule has 160 valence electrons. The molecule has 1 amide bonds. The van der Waals surface area contributed by atoms with E-state index in [0.29, 0.717) is 19.7 Å². The summed E-state index contributed by atoms with van der Waals surface area (Å²) in [5.41, 5.74) is 2.64. The fourth-order valence-electron chi connectivity index (χ4n) is 4.68. The third kappa shape index (κ3) is 4.50. The minimum Gasteiger partial charge on any atom is -0.378 e. The van der Waals surface area contributed by atoms with Crippen LogP contribution in [0.4, 0.5) is 5.69 Å². The smallest absolute Gasteiger partial charge is 0.254 e. The molecule has 6 nitrogen and oxygen atoms in total. The van der Waals surface area contributed by atoms with Gasteiger partial charge in [-0.05, 0) is 42.7 Å². The van der Waals surface area contributed by atoms with Gasteiger partial charge in [-0.3, -0.25) is 9.78 Å². The minimum absolute atomic E-state index is 0.0953. The number of hydrogen-bond acceptors (Lipinski definition) is 5. The summed E-state index contributed by atoms with van der Waals surface area (Å²) in [6.45, 7) is 2.64. The summed E-state index contributed by atoms with van der Waals surface area (Å²) >= 11 is 0. The highest BCUT2D eigenvalue weighted by molar-refractivity contribution is 5.95. The zero-order valence-electron chi connectivity index (χ0n) is 18.0. The Balaban J connectivity index is 1.48. The molecule has 2 aromatic rings. The van der Waals surface area contributed by atoms with Crippen molar-refractivity contribution in [1.29, 1.82) is 0 Å². The molecule has 1 saturated carbocycles. The van der Waals surface area contributed by atoms with Gasteiger partial charge in [-0.15, -0.1) is 0 Å². The van der Waals surface area contributed by atoms with E-state index in [2.05, 4.69) is 16.4 Å². The highest BCUT2D eigenvalue weighted by Crippen LogP contribution is 2.35. The summed E-state index contributed by atoms with van der Waals surface area (Å²) in [7, 11) is 3.99. The van der Waals surface area contributed by atoms with Crippen LogP contribution in [-0.4, -0.2) is 61.2 Å². The summed E-state index contributed by atoms with van der Waals surface area (Å²) in [4.78, 5) is 21.5. The van der Waals surface area contributed by atoms with Crippen LogP contribution in [0.25, 0.3) is 0 Å². The molecule has 4 rings (SSSR count). The second-order valence-corrected chi connectivity index (χ2v) is 8.63. The molecular formula is C24H32N4O2. The Bertz CT molecular complexity index is 853. The topological polar surface area (TPSA) is 57.7 Å². The van der Waals surface area contributed by atoms with Gasteiger partial charge in [0, 0.05) is 56.9 Å². The van der Waals surface area contributed by atoms with Crippen LogP contribution < -0.4 is 10.2 Å². The van der Waals surface area contributed by atoms with Crippen LogP contribution in [0, 0.1) is 0 Å². The van der Waals surface area contributed by atoms with Crippen LogP contribution in [0.15, 0.2) is 48.8 Å². The van der Waals surface area contributed by atoms with E-state index in [1.165, 1.54) is 12.0 Å². The first-order valence-corrected chi connectivity index (χ1v) is 10.9. The molecule has 0 radical (unpaired) electrons. The number of carbonyl (C=O) groups excluding carboxylic acids is 1. The third-order valence-corrected chi connectivity index (χ3v) is 6.36. The third-order valence-electron chi connectivity index (χ3n) is 6.36. The number of amides is 1. The van der Waals surface area contributed by atoms with Gasteiger partial charge in [-0.25, -0.2) is 0 Å². The summed E-state index contributed by atoms with van der Waals surface area (Å²) in [5.74, 6) is 0.0953. The van der Waals surface area contributed by atoms with E-state index in [4.69, 9.17) is 4.74 Å². The van der Waals surface area contributed by atoms with Crippen LogP contribution in [0.2, 0.25) is 0 Å². The van der Waals surface area contributed by atoms with Crippen molar-refractivity contribution < 1.29 is 9.53 Å². The summed E-state index contributed by atoms with van der Waals surface area (Å²) < 4.78 is 6.41. The molecular weight excluding hydrogens is 376 g/mol. The monoisotopic (exact) mass is 408 g/mol. The van der Waals surface area contributed by atoms with E-state index in [-0.39, 0.29) is 17.6 Å². The number of pyridine rings is 1. The predicted octanol–water partition coefficient (Wildman–Crippen LogP) is 3.09. The molecule has 0 bridgehead atoms. The van der Waals surface area contributed by atoms with Gasteiger partial charge in [0.15, 0.2) is 0 Å². The van der Waals surface area contributed by atoms with Gasteiger partial charge in [-0.1, -0.05) is 25.0 Å². The van der Waals surface area contributed by atoms with Crippen molar-refractivity contribution in [2.75, 3.05) is 38.7 Å². The number of hydrogen-bond donors (Lipinski definition) is 1. The lowest BCUT2D eigenvalue weighted by Crippen LogP contribution is -2.64. The Kier molecular flexibility index (Phi) is 6.35. The molecule has 2 atom stereocenters. The lowest BCUT2D eigenvalue weighted by atomic mass is 9.78. The summed E-state index contributed by atoms with van der Waals surface area (Å²) in [5, 5.41) is 3.71. The molecule has 30 heavy (non-hydrogen) atoms. The maximum absolute atomic E-state index is 13.3. The number of benzene rings is 1. The Morgan fingerprint density at radius 1 is 1.30 bits per heavy atom. The summed E-state index contributed by atoms with van der Waals surface area (Å²) in [6.07, 6.45) is 8.08. The van der Waals surface area contributed by atoms with Gasteiger partial charge < -0.3 is 19.9 Å². The van der Waals surface area contributed by atoms with Gasteiger partial charge in [0.2, 0.25) is 0 Å². The van der Waals surface area contributed by atoms with E-state index in [9.17, 15) is 4.79 Å². The van der Waals surface area contributed by atoms with Crippen LogP contribution in [0.1, 0.15) is 41.6 Å². The lowest BCUT2D eigenvalue weighted by molar-refractivity contribution is -0.135. The van der Waals surface area contributed by atoms with Crippen LogP contribution in [0.5, 0.6) is 0 Å². The first-order valence-electron chi connectivity index (χ1n) is 10.9. The molecule has 1 aliphatic heterocycles. The van der Waals surface area contributed by atoms with Crippen molar-refractivity contribution in [1.82, 2.24) is 15.2 Å². The Morgan fingerprint density at radius 2 is 2.20 bits per heavy atom. The van der Waals surface area contributed by atoms with Crippen molar-refractivity contribution in [2.45, 2.75) is 43.9 Å². The number of aromatic nitrogens is 1. The van der Waals surface area contributed by atoms with Crippen LogP contribution in [0.3, 0.4) is 0 Å². The number of morpholine rings is 1. The van der Waals surface area contributed by atoms with E-state index in [0.717, 1.165) is 37.1 Å². The number of nitrogens with zero attached hydrogens (tertiary/aromatic N) is 3. The largest absolute Gasteiger partial charge is 0.378 e. The van der Waals surface area contributed by atoms with Crippen molar-refractivity contribution in [3.05, 3.63) is 59.9 Å². The second kappa shape index (κ2) is 9.14. The molecule has 1 aromatic carbocycles. The zero-order chi connectivity index (χ0) is 21.0. The quantitative estimate of drug-likeness (QED) is 0.824. The van der Waals surface area contributed by atoms with Gasteiger partial charge in [0.1, 0.15) is 5.60 Å². The van der Waals surface area contributed by atoms with Gasteiger partial charge in [0.25, 0.3) is 5.91 Å². The average molecular weight is 409 g/mol. The van der Waals surface area contributed by atoms with Crippen molar-refractivity contribution in [2.24, 2.45) is 0 Å². The number of anilines is 1. The predicted molar refractivity (Wildman–Crippen MR) is 119 cm³/mol. The SMILES string of the molecule is CN(C)c1cccc(C(=O)N2CCO[C@]3(CCCC[C@@H]3NCc3cccnc3)C2)c1. The molecule has 2 fully saturated rings. The number of rotatable bonds is 5. The van der Waals surface area contributed by atoms with Gasteiger partial charge in [0.05, 0.1) is 13.2 Å². The van der Waals surface area contributed by atoms with E-state index in [1.807, 2.05) is 60.4 Å². The fourth-order valence-corrected chi connectivity index (χ4v) is 4.68. The molecule has 2 heterocycles. The number of ether oxygens (including phenoxy) is 1. The Labute approximate surface area is 179 Å². The van der Waals surface area contributed by atoms with Gasteiger partial charge in [-0.2, -0.15) is 0 Å². The maximum Gasteiger partial charge on any atom is 0.254 e. The molecule has 1 aromatic heterocycles. The molecule has 1 N–H and O–H groups in total. The normalized spacial score (nSPS) is 24.1. The van der Waals surface area contributed by atoms with Crippen molar-refractivity contribution >= 4 is 11.6 Å². The highest BCUT2D eigenvalue weighted by atomic mass is 16.5. The van der Waals surface area contributed by atoms with Gasteiger partial charge >= 0.3 is 0 Å². The summed E-state index contributed by atoms with van der Waals surface area (Å²) in [6, 6.07) is 12.2.